The van der Waals surface area contributed by atoms with Crippen molar-refractivity contribution < 1.29 is 4.79 Å². The Hall–Kier alpha value is -1.18. The summed E-state index contributed by atoms with van der Waals surface area (Å²) in [6.45, 7) is 5.00. The molecule has 2 aromatic rings. The smallest absolute Gasteiger partial charge is 0.273 e. The van der Waals surface area contributed by atoms with Gasteiger partial charge in [0.2, 0.25) is 0 Å². The molecule has 3 rings (SSSR count). The molecule has 2 heterocycles. The largest absolute Gasteiger partial charge is 0.336 e. The monoisotopic (exact) mass is 416 g/mol. The molecule has 26 heavy (non-hydrogen) atoms. The van der Waals surface area contributed by atoms with Gasteiger partial charge in [0.15, 0.2) is 0 Å². The number of thiazole rings is 1. The van der Waals surface area contributed by atoms with E-state index < -0.39 is 0 Å². The molecule has 1 saturated heterocycles. The molecule has 2 N–H and O–H groups in total. The van der Waals surface area contributed by atoms with Gasteiger partial charge in [0, 0.05) is 44.5 Å². The SMILES string of the molecule is Cl.Cl.NCCc1nc(C(=O)N2CCCN(Cc3ccccc3)CC2)cs1. The maximum absolute atomic E-state index is 12.7. The fraction of sp³-hybridized carbons (Fsp3) is 0.444. The van der Waals surface area contributed by atoms with Gasteiger partial charge in [0.25, 0.3) is 5.91 Å². The minimum absolute atomic E-state index is 0. The lowest BCUT2D eigenvalue weighted by atomic mass is 10.2. The maximum atomic E-state index is 12.7. The number of halogens is 2. The van der Waals surface area contributed by atoms with Gasteiger partial charge in [0.05, 0.1) is 5.01 Å². The Morgan fingerprint density at radius 3 is 2.62 bits per heavy atom. The van der Waals surface area contributed by atoms with E-state index in [1.807, 2.05) is 16.3 Å². The van der Waals surface area contributed by atoms with E-state index in [9.17, 15) is 4.79 Å². The van der Waals surface area contributed by atoms with Crippen molar-refractivity contribution in [1.29, 1.82) is 0 Å². The van der Waals surface area contributed by atoms with Crippen molar-refractivity contribution in [1.82, 2.24) is 14.8 Å². The van der Waals surface area contributed by atoms with Gasteiger partial charge < -0.3 is 10.6 Å². The Labute approximate surface area is 171 Å². The van der Waals surface area contributed by atoms with Crippen molar-refractivity contribution in [2.75, 3.05) is 32.7 Å². The highest BCUT2D eigenvalue weighted by molar-refractivity contribution is 7.09. The van der Waals surface area contributed by atoms with Crippen LogP contribution in [0.3, 0.4) is 0 Å². The highest BCUT2D eigenvalue weighted by atomic mass is 35.5. The number of amides is 1. The van der Waals surface area contributed by atoms with Crippen molar-refractivity contribution in [2.45, 2.75) is 19.4 Å². The van der Waals surface area contributed by atoms with Gasteiger partial charge in [-0.2, -0.15) is 0 Å². The van der Waals surface area contributed by atoms with Crippen LogP contribution in [-0.4, -0.2) is 53.4 Å². The first kappa shape index (κ1) is 22.9. The fourth-order valence-corrected chi connectivity index (χ4v) is 3.77. The number of aromatic nitrogens is 1. The van der Waals surface area contributed by atoms with E-state index in [0.717, 1.165) is 50.6 Å². The topological polar surface area (TPSA) is 62.5 Å². The van der Waals surface area contributed by atoms with Crippen LogP contribution in [0.25, 0.3) is 0 Å². The third kappa shape index (κ3) is 6.21. The van der Waals surface area contributed by atoms with E-state index in [-0.39, 0.29) is 30.7 Å². The summed E-state index contributed by atoms with van der Waals surface area (Å²) in [6, 6.07) is 10.5. The number of rotatable bonds is 5. The summed E-state index contributed by atoms with van der Waals surface area (Å²) in [7, 11) is 0. The normalized spacial score (nSPS) is 14.9. The summed E-state index contributed by atoms with van der Waals surface area (Å²) in [5.41, 5.74) is 7.45. The zero-order valence-electron chi connectivity index (χ0n) is 14.7. The second-order valence-corrected chi connectivity index (χ2v) is 7.02. The van der Waals surface area contributed by atoms with Gasteiger partial charge in [0.1, 0.15) is 5.69 Å². The van der Waals surface area contributed by atoms with E-state index in [4.69, 9.17) is 5.73 Å². The molecule has 0 saturated carbocycles. The molecule has 0 radical (unpaired) electrons. The first-order valence-corrected chi connectivity index (χ1v) is 9.34. The van der Waals surface area contributed by atoms with Crippen LogP contribution >= 0.6 is 36.2 Å². The lowest BCUT2D eigenvalue weighted by Gasteiger charge is -2.21. The standard InChI is InChI=1S/C18H24N4OS.2ClH/c19-8-7-17-20-16(14-24-17)18(23)22-10-4-9-21(11-12-22)13-15-5-2-1-3-6-15;;/h1-3,5-6,14H,4,7-13,19H2;2*1H. The van der Waals surface area contributed by atoms with Crippen molar-refractivity contribution >= 4 is 42.1 Å². The van der Waals surface area contributed by atoms with Gasteiger partial charge in [-0.05, 0) is 18.5 Å². The van der Waals surface area contributed by atoms with Gasteiger partial charge in [-0.25, -0.2) is 4.98 Å². The van der Waals surface area contributed by atoms with Crippen molar-refractivity contribution in [3.05, 3.63) is 52.0 Å². The van der Waals surface area contributed by atoms with E-state index in [1.165, 1.54) is 16.9 Å². The quantitative estimate of drug-likeness (QED) is 0.813. The lowest BCUT2D eigenvalue weighted by Crippen LogP contribution is -2.35. The Bertz CT molecular complexity index is 668. The molecule has 1 aromatic heterocycles. The summed E-state index contributed by atoms with van der Waals surface area (Å²) >= 11 is 1.52. The zero-order chi connectivity index (χ0) is 16.8. The highest BCUT2D eigenvalue weighted by Gasteiger charge is 2.22. The molecule has 0 bridgehead atoms. The molecule has 1 aliphatic rings. The van der Waals surface area contributed by atoms with Gasteiger partial charge >= 0.3 is 0 Å². The van der Waals surface area contributed by atoms with Crippen LogP contribution in [0.15, 0.2) is 35.7 Å². The molecule has 8 heteroatoms. The van der Waals surface area contributed by atoms with Gasteiger partial charge in [-0.15, -0.1) is 36.2 Å². The number of benzene rings is 1. The molecule has 0 atom stereocenters. The predicted octanol–water partition coefficient (Wildman–Crippen LogP) is 2.84. The van der Waals surface area contributed by atoms with Gasteiger partial charge in [-0.1, -0.05) is 30.3 Å². The van der Waals surface area contributed by atoms with Crippen LogP contribution in [0.5, 0.6) is 0 Å². The van der Waals surface area contributed by atoms with Crippen molar-refractivity contribution in [3.63, 3.8) is 0 Å². The summed E-state index contributed by atoms with van der Waals surface area (Å²) in [4.78, 5) is 21.4. The second-order valence-electron chi connectivity index (χ2n) is 6.07. The number of carbonyl (C=O) groups excluding carboxylic acids is 1. The molecule has 0 unspecified atom stereocenters. The van der Waals surface area contributed by atoms with Crippen LogP contribution in [0.1, 0.15) is 27.5 Å². The maximum Gasteiger partial charge on any atom is 0.273 e. The minimum Gasteiger partial charge on any atom is -0.336 e. The lowest BCUT2D eigenvalue weighted by molar-refractivity contribution is 0.0756. The Balaban J connectivity index is 0.00000169. The molecule has 0 spiro atoms. The second kappa shape index (κ2) is 11.5. The number of nitrogens with two attached hydrogens (primary N) is 1. The molecule has 1 amide bonds. The molecular formula is C18H26Cl2N4OS. The summed E-state index contributed by atoms with van der Waals surface area (Å²) in [6.07, 6.45) is 1.74. The van der Waals surface area contributed by atoms with Crippen LogP contribution < -0.4 is 5.73 Å². The zero-order valence-corrected chi connectivity index (χ0v) is 17.1. The molecule has 144 valence electrons. The third-order valence-corrected chi connectivity index (χ3v) is 5.16. The summed E-state index contributed by atoms with van der Waals surface area (Å²) in [5.74, 6) is 0.0519. The minimum atomic E-state index is 0. The predicted molar refractivity (Wildman–Crippen MR) is 112 cm³/mol. The van der Waals surface area contributed by atoms with E-state index in [2.05, 4.69) is 34.1 Å². The number of carbonyl (C=O) groups is 1. The Morgan fingerprint density at radius 2 is 1.88 bits per heavy atom. The van der Waals surface area contributed by atoms with Crippen LogP contribution in [0.4, 0.5) is 0 Å². The van der Waals surface area contributed by atoms with E-state index in [1.54, 1.807) is 0 Å². The van der Waals surface area contributed by atoms with Crippen LogP contribution in [0.2, 0.25) is 0 Å². The molecule has 5 nitrogen and oxygen atoms in total. The Kier molecular flexibility index (Phi) is 10.1. The molecule has 1 fully saturated rings. The van der Waals surface area contributed by atoms with Gasteiger partial charge in [-0.3, -0.25) is 9.69 Å². The Morgan fingerprint density at radius 1 is 1.12 bits per heavy atom. The summed E-state index contributed by atoms with van der Waals surface area (Å²) < 4.78 is 0. The highest BCUT2D eigenvalue weighted by Crippen LogP contribution is 2.15. The van der Waals surface area contributed by atoms with Crippen molar-refractivity contribution in [3.8, 4) is 0 Å². The van der Waals surface area contributed by atoms with Crippen molar-refractivity contribution in [2.24, 2.45) is 5.73 Å². The average molecular weight is 417 g/mol. The van der Waals surface area contributed by atoms with Crippen LogP contribution in [0, 0.1) is 0 Å². The molecule has 0 aliphatic carbocycles. The number of hydrogen-bond acceptors (Lipinski definition) is 5. The first-order chi connectivity index (χ1) is 11.8. The average Bonchev–Trinajstić information content (AvgIpc) is 2.94. The number of nitrogens with zero attached hydrogens (tertiary/aromatic N) is 3. The van der Waals surface area contributed by atoms with E-state index in [0.29, 0.717) is 12.2 Å². The number of hydrogen-bond donors (Lipinski definition) is 1. The van der Waals surface area contributed by atoms with Crippen LogP contribution in [-0.2, 0) is 13.0 Å². The third-order valence-electron chi connectivity index (χ3n) is 4.25. The molecule has 1 aromatic carbocycles. The first-order valence-electron chi connectivity index (χ1n) is 8.46. The molecule has 1 aliphatic heterocycles. The molecular weight excluding hydrogens is 391 g/mol. The fourth-order valence-electron chi connectivity index (χ4n) is 2.98. The summed E-state index contributed by atoms with van der Waals surface area (Å²) in [5, 5.41) is 2.81. The van der Waals surface area contributed by atoms with E-state index >= 15 is 0 Å².